The maximum absolute atomic E-state index is 12.8. The first-order chi connectivity index (χ1) is 15.3. The van der Waals surface area contributed by atoms with Crippen molar-refractivity contribution in [2.75, 3.05) is 6.61 Å². The van der Waals surface area contributed by atoms with E-state index in [0.717, 1.165) is 5.69 Å². The minimum absolute atomic E-state index is 0.0390. The number of hydrogen-bond acceptors (Lipinski definition) is 7. The highest BCUT2D eigenvalue weighted by atomic mass is 16.5. The van der Waals surface area contributed by atoms with Crippen LogP contribution in [0.2, 0.25) is 0 Å². The van der Waals surface area contributed by atoms with Crippen molar-refractivity contribution in [3.63, 3.8) is 0 Å². The van der Waals surface area contributed by atoms with E-state index in [9.17, 15) is 19.8 Å². The van der Waals surface area contributed by atoms with Gasteiger partial charge in [0.15, 0.2) is 0 Å². The second-order valence-corrected chi connectivity index (χ2v) is 7.17. The maximum atomic E-state index is 12.8. The number of aromatic carboxylic acids is 1. The van der Waals surface area contributed by atoms with Crippen molar-refractivity contribution in [3.8, 4) is 17.3 Å². The Morgan fingerprint density at radius 2 is 1.94 bits per heavy atom. The lowest BCUT2D eigenvalue weighted by Crippen LogP contribution is -2.28. The van der Waals surface area contributed by atoms with Crippen LogP contribution in [0.15, 0.2) is 60.0 Å². The lowest BCUT2D eigenvalue weighted by Gasteiger charge is -2.27. The van der Waals surface area contributed by atoms with E-state index in [1.54, 1.807) is 18.5 Å². The maximum Gasteiger partial charge on any atom is 0.340 e. The Labute approximate surface area is 183 Å². The number of para-hydroxylation sites is 1. The summed E-state index contributed by atoms with van der Waals surface area (Å²) < 4.78 is 12.6. The van der Waals surface area contributed by atoms with Crippen LogP contribution in [0.25, 0.3) is 5.69 Å². The van der Waals surface area contributed by atoms with Gasteiger partial charge in [-0.3, -0.25) is 0 Å². The number of aryl methyl sites for hydroxylation is 1. The normalized spacial score (nSPS) is 15.1. The molecular formula is C23H21N3O6. The molecule has 0 saturated carbocycles. The van der Waals surface area contributed by atoms with Gasteiger partial charge < -0.3 is 25.4 Å². The molecule has 0 spiro atoms. The first kappa shape index (κ1) is 21.0. The van der Waals surface area contributed by atoms with Gasteiger partial charge in [-0.25, -0.2) is 14.3 Å². The van der Waals surface area contributed by atoms with Crippen molar-refractivity contribution < 1.29 is 29.3 Å². The fraction of sp³-hybridized carbons (Fsp3) is 0.174. The molecule has 0 saturated heterocycles. The Hall–Kier alpha value is -4.27. The Bertz CT molecular complexity index is 1250. The van der Waals surface area contributed by atoms with Crippen molar-refractivity contribution in [2.24, 2.45) is 5.73 Å². The Morgan fingerprint density at radius 3 is 2.59 bits per heavy atom. The molecule has 0 amide bonds. The molecule has 1 aliphatic heterocycles. The average molecular weight is 435 g/mol. The molecule has 0 fully saturated rings. The lowest BCUT2D eigenvalue weighted by atomic mass is 9.83. The Kier molecular flexibility index (Phi) is 5.31. The molecule has 4 rings (SSSR count). The molecule has 9 heteroatoms. The fourth-order valence-electron chi connectivity index (χ4n) is 3.80. The highest BCUT2D eigenvalue weighted by molar-refractivity contribution is 5.94. The van der Waals surface area contributed by atoms with Crippen LogP contribution in [0.3, 0.4) is 0 Å². The molecule has 164 valence electrons. The van der Waals surface area contributed by atoms with Gasteiger partial charge in [-0.05, 0) is 43.7 Å². The topological polar surface area (TPSA) is 137 Å². The zero-order valence-corrected chi connectivity index (χ0v) is 17.4. The first-order valence-corrected chi connectivity index (χ1v) is 9.89. The van der Waals surface area contributed by atoms with Crippen LogP contribution in [0.5, 0.6) is 11.6 Å². The number of aromatic nitrogens is 2. The van der Waals surface area contributed by atoms with Crippen molar-refractivity contribution in [1.29, 1.82) is 0 Å². The number of benzene rings is 2. The van der Waals surface area contributed by atoms with Gasteiger partial charge in [0.1, 0.15) is 16.9 Å². The lowest BCUT2D eigenvalue weighted by molar-refractivity contribution is -0.139. The SMILES string of the molecule is CCOC(=O)C1=C(N)Oc2c(c(C)nn2-c2ccccc2)C1c1ccc(O)c(C(=O)O)c1. The van der Waals surface area contributed by atoms with Crippen molar-refractivity contribution in [3.05, 3.63) is 82.4 Å². The second-order valence-electron chi connectivity index (χ2n) is 7.17. The molecule has 0 aliphatic carbocycles. The predicted molar refractivity (Wildman–Crippen MR) is 114 cm³/mol. The van der Waals surface area contributed by atoms with Gasteiger partial charge in [-0.1, -0.05) is 24.3 Å². The first-order valence-electron chi connectivity index (χ1n) is 9.89. The molecule has 0 bridgehead atoms. The summed E-state index contributed by atoms with van der Waals surface area (Å²) in [5.41, 5.74) is 8.18. The summed E-state index contributed by atoms with van der Waals surface area (Å²) in [7, 11) is 0. The fourth-order valence-corrected chi connectivity index (χ4v) is 3.80. The summed E-state index contributed by atoms with van der Waals surface area (Å²) in [5.74, 6) is -3.04. The molecule has 1 aromatic heterocycles. The molecule has 2 aromatic carbocycles. The molecular weight excluding hydrogens is 414 g/mol. The number of nitrogens with zero attached hydrogens (tertiary/aromatic N) is 2. The van der Waals surface area contributed by atoms with Crippen LogP contribution in [0.1, 0.15) is 40.0 Å². The van der Waals surface area contributed by atoms with E-state index in [0.29, 0.717) is 22.7 Å². The van der Waals surface area contributed by atoms with E-state index in [1.165, 1.54) is 18.2 Å². The van der Waals surface area contributed by atoms with Crippen LogP contribution in [0, 0.1) is 6.92 Å². The summed E-state index contributed by atoms with van der Waals surface area (Å²) in [6.45, 7) is 3.55. The van der Waals surface area contributed by atoms with Gasteiger partial charge in [-0.15, -0.1) is 0 Å². The summed E-state index contributed by atoms with van der Waals surface area (Å²) in [4.78, 5) is 24.5. The van der Waals surface area contributed by atoms with E-state index in [1.807, 2.05) is 30.3 Å². The number of carbonyl (C=O) groups excluding carboxylic acids is 1. The van der Waals surface area contributed by atoms with Crippen LogP contribution in [0.4, 0.5) is 0 Å². The smallest absolute Gasteiger partial charge is 0.340 e. The number of carbonyl (C=O) groups is 2. The molecule has 2 heterocycles. The third-order valence-corrected chi connectivity index (χ3v) is 5.19. The number of carboxylic acid groups (broad SMARTS) is 1. The monoisotopic (exact) mass is 435 g/mol. The quantitative estimate of drug-likeness (QED) is 0.520. The molecule has 4 N–H and O–H groups in total. The second kappa shape index (κ2) is 8.10. The standard InChI is InChI=1S/C23H21N3O6/c1-3-31-23(30)19-18(13-9-10-16(27)15(11-13)22(28)29)17-12(2)25-26(21(17)32-20(19)24)14-7-5-4-6-8-14/h4-11,18,27H,3,24H2,1-2H3,(H,28,29). The van der Waals surface area contributed by atoms with E-state index in [-0.39, 0.29) is 29.4 Å². The molecule has 1 unspecified atom stereocenters. The zero-order chi connectivity index (χ0) is 23.0. The summed E-state index contributed by atoms with van der Waals surface area (Å²) in [5, 5.41) is 24.0. The van der Waals surface area contributed by atoms with E-state index in [2.05, 4.69) is 5.10 Å². The van der Waals surface area contributed by atoms with E-state index >= 15 is 0 Å². The zero-order valence-electron chi connectivity index (χ0n) is 17.4. The molecule has 3 aromatic rings. The minimum atomic E-state index is -1.30. The van der Waals surface area contributed by atoms with Crippen molar-refractivity contribution in [2.45, 2.75) is 19.8 Å². The number of ether oxygens (including phenoxy) is 2. The van der Waals surface area contributed by atoms with E-state index in [4.69, 9.17) is 15.2 Å². The Morgan fingerprint density at radius 1 is 1.22 bits per heavy atom. The molecule has 9 nitrogen and oxygen atoms in total. The summed E-state index contributed by atoms with van der Waals surface area (Å²) in [6, 6.07) is 13.4. The highest BCUT2D eigenvalue weighted by Gasteiger charge is 2.40. The van der Waals surface area contributed by atoms with Gasteiger partial charge in [0.25, 0.3) is 0 Å². The number of fused-ring (bicyclic) bond motifs is 1. The number of esters is 1. The van der Waals surface area contributed by atoms with Gasteiger partial charge in [0.05, 0.1) is 29.5 Å². The Balaban J connectivity index is 1.98. The number of hydrogen-bond donors (Lipinski definition) is 3. The average Bonchev–Trinajstić information content (AvgIpc) is 3.09. The van der Waals surface area contributed by atoms with Gasteiger partial charge in [0.2, 0.25) is 11.8 Å². The van der Waals surface area contributed by atoms with Gasteiger partial charge in [-0.2, -0.15) is 5.10 Å². The van der Waals surface area contributed by atoms with Crippen LogP contribution < -0.4 is 10.5 Å². The minimum Gasteiger partial charge on any atom is -0.507 e. The largest absolute Gasteiger partial charge is 0.507 e. The van der Waals surface area contributed by atoms with Crippen LogP contribution >= 0.6 is 0 Å². The van der Waals surface area contributed by atoms with Gasteiger partial charge >= 0.3 is 11.9 Å². The van der Waals surface area contributed by atoms with Crippen LogP contribution in [-0.4, -0.2) is 38.5 Å². The summed E-state index contributed by atoms with van der Waals surface area (Å²) in [6.07, 6.45) is 0. The molecule has 32 heavy (non-hydrogen) atoms. The van der Waals surface area contributed by atoms with E-state index < -0.39 is 17.9 Å². The number of nitrogens with two attached hydrogens (primary N) is 1. The predicted octanol–water partition coefficient (Wildman–Crippen LogP) is 2.84. The number of carboxylic acids is 1. The third-order valence-electron chi connectivity index (χ3n) is 5.19. The third kappa shape index (κ3) is 3.43. The molecule has 1 aliphatic rings. The molecule has 0 radical (unpaired) electrons. The number of rotatable bonds is 5. The van der Waals surface area contributed by atoms with Crippen molar-refractivity contribution >= 4 is 11.9 Å². The van der Waals surface area contributed by atoms with Crippen LogP contribution in [-0.2, 0) is 9.53 Å². The highest BCUT2D eigenvalue weighted by Crippen LogP contribution is 2.45. The van der Waals surface area contributed by atoms with Gasteiger partial charge in [0, 0.05) is 0 Å². The van der Waals surface area contributed by atoms with Crippen molar-refractivity contribution in [1.82, 2.24) is 9.78 Å². The molecule has 1 atom stereocenters. The summed E-state index contributed by atoms with van der Waals surface area (Å²) >= 11 is 0. The number of phenols is 1. The number of aromatic hydroxyl groups is 1.